The standard InChI is InChI=1S/C18H22N4O2/c1-5-14(17(23)20-11(2)3)22-15-9-7-6-8-12(15)13-10-19-21(4)18(24)16(13)22/h6-11,14H,5H2,1-4H3,(H,20,23)/t14-/m1/s1. The SMILES string of the molecule is CC[C@H](C(=O)NC(C)C)n1c2ccccc2c2cnn(C)c(=O)c21. The van der Waals surface area contributed by atoms with Crippen LogP contribution >= 0.6 is 0 Å². The third kappa shape index (κ3) is 2.48. The molecule has 1 N–H and O–H groups in total. The number of amides is 1. The fraction of sp³-hybridized carbons (Fsp3) is 0.389. The van der Waals surface area contributed by atoms with Crippen LogP contribution in [0.5, 0.6) is 0 Å². The highest BCUT2D eigenvalue weighted by atomic mass is 16.2. The number of carbonyl (C=O) groups excluding carboxylic acids is 1. The number of carbonyl (C=O) groups is 1. The van der Waals surface area contributed by atoms with Gasteiger partial charge in [0.05, 0.1) is 11.7 Å². The van der Waals surface area contributed by atoms with Gasteiger partial charge in [0.15, 0.2) is 0 Å². The molecule has 0 aliphatic rings. The first-order valence-electron chi connectivity index (χ1n) is 8.21. The number of fused-ring (bicyclic) bond motifs is 3. The van der Waals surface area contributed by atoms with E-state index in [-0.39, 0.29) is 17.5 Å². The third-order valence-electron chi connectivity index (χ3n) is 4.24. The molecule has 0 spiro atoms. The number of para-hydroxylation sites is 1. The number of aryl methyl sites for hydroxylation is 1. The van der Waals surface area contributed by atoms with E-state index in [2.05, 4.69) is 10.4 Å². The van der Waals surface area contributed by atoms with Crippen LogP contribution in [0.1, 0.15) is 33.2 Å². The summed E-state index contributed by atoms with van der Waals surface area (Å²) in [5.41, 5.74) is 1.21. The van der Waals surface area contributed by atoms with Gasteiger partial charge in [-0.25, -0.2) is 4.68 Å². The molecule has 0 radical (unpaired) electrons. The monoisotopic (exact) mass is 326 g/mol. The molecule has 24 heavy (non-hydrogen) atoms. The molecule has 1 atom stereocenters. The molecule has 2 aromatic heterocycles. The highest BCUT2D eigenvalue weighted by molar-refractivity contribution is 6.08. The predicted octanol–water partition coefficient (Wildman–Crippen LogP) is 2.36. The average Bonchev–Trinajstić information content (AvgIpc) is 2.87. The summed E-state index contributed by atoms with van der Waals surface area (Å²) >= 11 is 0. The smallest absolute Gasteiger partial charge is 0.291 e. The molecule has 0 aliphatic carbocycles. The van der Waals surface area contributed by atoms with E-state index in [4.69, 9.17) is 0 Å². The second-order valence-electron chi connectivity index (χ2n) is 6.31. The van der Waals surface area contributed by atoms with Crippen molar-refractivity contribution in [1.29, 1.82) is 0 Å². The Morgan fingerprint density at radius 1 is 1.25 bits per heavy atom. The zero-order chi connectivity index (χ0) is 17.4. The van der Waals surface area contributed by atoms with Crippen molar-refractivity contribution < 1.29 is 4.79 Å². The molecule has 0 saturated carbocycles. The van der Waals surface area contributed by atoms with Crippen LogP contribution in [-0.2, 0) is 11.8 Å². The van der Waals surface area contributed by atoms with Gasteiger partial charge in [-0.3, -0.25) is 9.59 Å². The maximum absolute atomic E-state index is 12.7. The van der Waals surface area contributed by atoms with E-state index in [1.165, 1.54) is 4.68 Å². The highest BCUT2D eigenvalue weighted by Gasteiger charge is 2.25. The molecular formula is C18H22N4O2. The molecule has 2 heterocycles. The fourth-order valence-corrected chi connectivity index (χ4v) is 3.18. The summed E-state index contributed by atoms with van der Waals surface area (Å²) in [7, 11) is 1.62. The van der Waals surface area contributed by atoms with Crippen LogP contribution < -0.4 is 10.9 Å². The van der Waals surface area contributed by atoms with E-state index in [1.807, 2.05) is 49.6 Å². The van der Waals surface area contributed by atoms with Crippen molar-refractivity contribution in [2.24, 2.45) is 7.05 Å². The van der Waals surface area contributed by atoms with Crippen molar-refractivity contribution >= 4 is 27.7 Å². The Bertz CT molecular complexity index is 968. The molecule has 0 unspecified atom stereocenters. The number of aromatic nitrogens is 3. The maximum Gasteiger partial charge on any atom is 0.291 e. The van der Waals surface area contributed by atoms with Crippen molar-refractivity contribution in [2.75, 3.05) is 0 Å². The second-order valence-corrected chi connectivity index (χ2v) is 6.31. The molecule has 0 saturated heterocycles. The molecule has 0 aliphatic heterocycles. The topological polar surface area (TPSA) is 68.9 Å². The molecule has 0 bridgehead atoms. The third-order valence-corrected chi connectivity index (χ3v) is 4.24. The molecule has 0 fully saturated rings. The van der Waals surface area contributed by atoms with Crippen LogP contribution in [0.3, 0.4) is 0 Å². The summed E-state index contributed by atoms with van der Waals surface area (Å²) in [6, 6.07) is 7.36. The van der Waals surface area contributed by atoms with Crippen LogP contribution in [0.15, 0.2) is 35.3 Å². The Labute approximate surface area is 140 Å². The molecule has 6 heteroatoms. The van der Waals surface area contributed by atoms with E-state index in [9.17, 15) is 9.59 Å². The highest BCUT2D eigenvalue weighted by Crippen LogP contribution is 2.30. The van der Waals surface area contributed by atoms with Crippen LogP contribution in [0.25, 0.3) is 21.8 Å². The van der Waals surface area contributed by atoms with Gasteiger partial charge < -0.3 is 9.88 Å². The predicted molar refractivity (Wildman–Crippen MR) is 95.1 cm³/mol. The van der Waals surface area contributed by atoms with Gasteiger partial charge in [-0.1, -0.05) is 25.1 Å². The van der Waals surface area contributed by atoms with Gasteiger partial charge in [0.25, 0.3) is 5.56 Å². The number of rotatable bonds is 4. The Morgan fingerprint density at radius 3 is 2.62 bits per heavy atom. The summed E-state index contributed by atoms with van der Waals surface area (Å²) in [6.07, 6.45) is 2.29. The molecule has 3 aromatic rings. The molecule has 126 valence electrons. The van der Waals surface area contributed by atoms with E-state index >= 15 is 0 Å². The first-order valence-corrected chi connectivity index (χ1v) is 8.21. The second kappa shape index (κ2) is 6.11. The Balaban J connectivity index is 2.37. The minimum Gasteiger partial charge on any atom is -0.352 e. The largest absolute Gasteiger partial charge is 0.352 e. The van der Waals surface area contributed by atoms with Crippen LogP contribution in [-0.4, -0.2) is 26.3 Å². The summed E-state index contributed by atoms with van der Waals surface area (Å²) in [5, 5.41) is 8.82. The lowest BCUT2D eigenvalue weighted by molar-refractivity contribution is -0.124. The van der Waals surface area contributed by atoms with Crippen LogP contribution in [0.4, 0.5) is 0 Å². The Hall–Kier alpha value is -2.63. The quantitative estimate of drug-likeness (QED) is 0.800. The van der Waals surface area contributed by atoms with Crippen molar-refractivity contribution in [3.63, 3.8) is 0 Å². The van der Waals surface area contributed by atoms with E-state index < -0.39 is 6.04 Å². The van der Waals surface area contributed by atoms with Gasteiger partial charge >= 0.3 is 0 Å². The van der Waals surface area contributed by atoms with Gasteiger partial charge in [-0.2, -0.15) is 5.10 Å². The molecule has 6 nitrogen and oxygen atoms in total. The van der Waals surface area contributed by atoms with Crippen LogP contribution in [0.2, 0.25) is 0 Å². The van der Waals surface area contributed by atoms with Crippen molar-refractivity contribution in [3.8, 4) is 0 Å². The number of benzene rings is 1. The Morgan fingerprint density at radius 2 is 1.96 bits per heavy atom. The normalized spacial score (nSPS) is 12.9. The number of hydrogen-bond donors (Lipinski definition) is 1. The summed E-state index contributed by atoms with van der Waals surface area (Å²) < 4.78 is 3.18. The van der Waals surface area contributed by atoms with E-state index in [0.29, 0.717) is 11.9 Å². The van der Waals surface area contributed by atoms with E-state index in [1.54, 1.807) is 13.2 Å². The van der Waals surface area contributed by atoms with Gasteiger partial charge in [0.1, 0.15) is 11.6 Å². The van der Waals surface area contributed by atoms with Gasteiger partial charge in [0.2, 0.25) is 5.91 Å². The molecule has 1 amide bonds. The van der Waals surface area contributed by atoms with Gasteiger partial charge in [0, 0.05) is 23.9 Å². The summed E-state index contributed by atoms with van der Waals surface area (Å²) in [6.45, 7) is 5.82. The van der Waals surface area contributed by atoms with Crippen molar-refractivity contribution in [1.82, 2.24) is 19.7 Å². The number of hydrogen-bond acceptors (Lipinski definition) is 3. The van der Waals surface area contributed by atoms with Crippen molar-refractivity contribution in [3.05, 3.63) is 40.8 Å². The maximum atomic E-state index is 12.7. The Kier molecular flexibility index (Phi) is 4.13. The molecular weight excluding hydrogens is 304 g/mol. The lowest BCUT2D eigenvalue weighted by Crippen LogP contribution is -2.37. The molecule has 3 rings (SSSR count). The van der Waals surface area contributed by atoms with E-state index in [0.717, 1.165) is 16.3 Å². The number of nitrogens with zero attached hydrogens (tertiary/aromatic N) is 3. The minimum absolute atomic E-state index is 0.0455. The van der Waals surface area contributed by atoms with Gasteiger partial charge in [-0.05, 0) is 26.3 Å². The average molecular weight is 326 g/mol. The first kappa shape index (κ1) is 16.2. The minimum atomic E-state index is -0.440. The van der Waals surface area contributed by atoms with Crippen molar-refractivity contribution in [2.45, 2.75) is 39.3 Å². The first-order chi connectivity index (χ1) is 11.5. The summed E-state index contributed by atoms with van der Waals surface area (Å²) in [4.78, 5) is 25.4. The lowest BCUT2D eigenvalue weighted by Gasteiger charge is -2.20. The lowest BCUT2D eigenvalue weighted by atomic mass is 10.1. The zero-order valence-corrected chi connectivity index (χ0v) is 14.4. The van der Waals surface area contributed by atoms with Gasteiger partial charge in [-0.15, -0.1) is 0 Å². The number of nitrogens with one attached hydrogen (secondary N) is 1. The molecule has 1 aromatic carbocycles. The summed E-state index contributed by atoms with van der Waals surface area (Å²) in [5.74, 6) is -0.0750. The zero-order valence-electron chi connectivity index (χ0n) is 14.4. The fourth-order valence-electron chi connectivity index (χ4n) is 3.18. The van der Waals surface area contributed by atoms with Crippen LogP contribution in [0, 0.1) is 0 Å².